The van der Waals surface area contributed by atoms with Gasteiger partial charge in [-0.05, 0) is 80.5 Å². The molecule has 10 heteroatoms. The van der Waals surface area contributed by atoms with Gasteiger partial charge in [0, 0.05) is 28.6 Å². The number of anilines is 1. The van der Waals surface area contributed by atoms with Crippen molar-refractivity contribution in [1.29, 1.82) is 0 Å². The second-order valence-corrected chi connectivity index (χ2v) is 13.1. The molecule has 6 rings (SSSR count). The lowest BCUT2D eigenvalue weighted by Crippen LogP contribution is -2.27. The highest BCUT2D eigenvalue weighted by Gasteiger charge is 2.25. The molecule has 4 aromatic rings. The van der Waals surface area contributed by atoms with Crippen molar-refractivity contribution < 1.29 is 13.7 Å². The molecule has 202 valence electrons. The fourth-order valence-corrected chi connectivity index (χ4v) is 7.10. The van der Waals surface area contributed by atoms with Crippen molar-refractivity contribution in [1.82, 2.24) is 19.9 Å². The number of amides is 1. The van der Waals surface area contributed by atoms with Crippen molar-refractivity contribution >= 4 is 40.2 Å². The van der Waals surface area contributed by atoms with Crippen LogP contribution in [0.4, 0.5) is 10.1 Å². The number of carbonyl (C=O) groups is 1. The Bertz CT molecular complexity index is 1520. The topological polar surface area (TPSA) is 94.4 Å². The maximum atomic E-state index is 13.9. The molecule has 2 aromatic carbocycles. The summed E-state index contributed by atoms with van der Waals surface area (Å²) in [5.74, 6) is 1.62. The van der Waals surface area contributed by atoms with Gasteiger partial charge in [-0.2, -0.15) is 5.10 Å². The first-order chi connectivity index (χ1) is 18.9. The van der Waals surface area contributed by atoms with Gasteiger partial charge in [0.25, 0.3) is 5.91 Å². The molecule has 2 aromatic heterocycles. The minimum Gasteiger partial charge on any atom is -0.616 e. The summed E-state index contributed by atoms with van der Waals surface area (Å²) in [5.41, 5.74) is 4.81. The van der Waals surface area contributed by atoms with E-state index in [1.165, 1.54) is 23.9 Å². The summed E-state index contributed by atoms with van der Waals surface area (Å²) in [4.78, 5) is 18.1. The number of nitrogens with zero attached hydrogens (tertiary/aromatic N) is 3. The highest BCUT2D eigenvalue weighted by molar-refractivity contribution is 7.99. The molecule has 0 bridgehead atoms. The Kier molecular flexibility index (Phi) is 7.51. The number of hydrogen-bond donors (Lipinski definition) is 2. The van der Waals surface area contributed by atoms with E-state index < -0.39 is 11.2 Å². The monoisotopic (exact) mass is 563 g/mol. The van der Waals surface area contributed by atoms with E-state index in [2.05, 4.69) is 10.6 Å². The maximum Gasteiger partial charge on any atom is 0.251 e. The molecule has 2 N–H and O–H groups in total. The molecule has 1 amide bonds. The molecular weight excluding hydrogens is 533 g/mol. The molecule has 0 spiro atoms. The van der Waals surface area contributed by atoms with Crippen LogP contribution >= 0.6 is 11.8 Å². The number of halogens is 1. The maximum absolute atomic E-state index is 13.9. The summed E-state index contributed by atoms with van der Waals surface area (Å²) >= 11 is 0.690. The van der Waals surface area contributed by atoms with Gasteiger partial charge >= 0.3 is 0 Å². The zero-order chi connectivity index (χ0) is 26.9. The molecule has 1 aliphatic carbocycles. The third-order valence-corrected chi connectivity index (χ3v) is 9.51. The average molecular weight is 564 g/mol. The zero-order valence-electron chi connectivity index (χ0n) is 21.7. The highest BCUT2D eigenvalue weighted by Crippen LogP contribution is 2.33. The van der Waals surface area contributed by atoms with Crippen LogP contribution < -0.4 is 10.6 Å². The van der Waals surface area contributed by atoms with E-state index in [4.69, 9.17) is 10.1 Å². The third-order valence-electron chi connectivity index (χ3n) is 7.23. The standard InChI is InChI=1S/C29H30FN5O2S2/c1-18-13-20(5-8-24(18)29(36)33-22-6-7-22)26-17-32-28-25(31-16-19-9-11-39(37)12-10-19)15-27(34-35(26)28)38-23-4-2-3-21(30)14-23/h2-5,8,13-15,17,19,22,31H,6-7,9-12,16H2,1H3,(H,33,36)/t19-,39+. The molecule has 0 atom stereocenters. The predicted octanol–water partition coefficient (Wildman–Crippen LogP) is 5.46. The van der Waals surface area contributed by atoms with Crippen LogP contribution in [-0.2, 0) is 11.2 Å². The number of aryl methyl sites for hydroxylation is 1. The normalized spacial score (nSPS) is 19.3. The van der Waals surface area contributed by atoms with Gasteiger partial charge in [-0.15, -0.1) is 0 Å². The molecular formula is C29H30FN5O2S2. The van der Waals surface area contributed by atoms with Gasteiger partial charge in [0.15, 0.2) is 5.65 Å². The van der Waals surface area contributed by atoms with Crippen molar-refractivity contribution in [3.63, 3.8) is 0 Å². The van der Waals surface area contributed by atoms with Crippen molar-refractivity contribution in [3.8, 4) is 11.3 Å². The van der Waals surface area contributed by atoms with Crippen LogP contribution in [0.3, 0.4) is 0 Å². The van der Waals surface area contributed by atoms with Gasteiger partial charge in [-0.3, -0.25) is 4.79 Å². The van der Waals surface area contributed by atoms with Crippen LogP contribution in [-0.4, -0.2) is 49.2 Å². The first-order valence-electron chi connectivity index (χ1n) is 13.3. The van der Waals surface area contributed by atoms with E-state index in [-0.39, 0.29) is 11.7 Å². The van der Waals surface area contributed by atoms with Gasteiger partial charge in [0.05, 0.1) is 17.6 Å². The lowest BCUT2D eigenvalue weighted by molar-refractivity contribution is 0.0950. The molecule has 0 unspecified atom stereocenters. The lowest BCUT2D eigenvalue weighted by atomic mass is 10.0. The summed E-state index contributed by atoms with van der Waals surface area (Å²) in [6.45, 7) is 2.70. The largest absolute Gasteiger partial charge is 0.616 e. The van der Waals surface area contributed by atoms with E-state index in [0.29, 0.717) is 28.2 Å². The van der Waals surface area contributed by atoms with E-state index in [1.54, 1.807) is 12.3 Å². The summed E-state index contributed by atoms with van der Waals surface area (Å²) in [6, 6.07) is 14.5. The van der Waals surface area contributed by atoms with Gasteiger partial charge < -0.3 is 15.2 Å². The van der Waals surface area contributed by atoms with Gasteiger partial charge in [-0.25, -0.2) is 13.9 Å². The van der Waals surface area contributed by atoms with Crippen molar-refractivity contribution in [2.24, 2.45) is 5.92 Å². The van der Waals surface area contributed by atoms with Gasteiger partial charge in [0.2, 0.25) is 0 Å². The van der Waals surface area contributed by atoms with Crippen molar-refractivity contribution in [2.45, 2.75) is 48.6 Å². The van der Waals surface area contributed by atoms with Crippen molar-refractivity contribution in [2.75, 3.05) is 23.4 Å². The van der Waals surface area contributed by atoms with E-state index in [0.717, 1.165) is 71.1 Å². The number of hydrogen-bond acceptors (Lipinski definition) is 6. The van der Waals surface area contributed by atoms with Crippen LogP contribution in [0.1, 0.15) is 41.6 Å². The molecule has 1 aliphatic heterocycles. The minimum absolute atomic E-state index is 0.0374. The van der Waals surface area contributed by atoms with Crippen molar-refractivity contribution in [3.05, 3.63) is 71.7 Å². The second kappa shape index (κ2) is 11.2. The third kappa shape index (κ3) is 6.08. The molecule has 1 saturated heterocycles. The summed E-state index contributed by atoms with van der Waals surface area (Å²) < 4.78 is 27.5. The first-order valence-corrected chi connectivity index (χ1v) is 15.6. The van der Waals surface area contributed by atoms with Crippen LogP contribution in [0.2, 0.25) is 0 Å². The Balaban J connectivity index is 1.33. The average Bonchev–Trinajstić information content (AvgIpc) is 3.63. The SMILES string of the molecule is Cc1cc(-c2cnc3c(NC[C@H]4CC[S@@+]([O-])CC4)cc(Sc4cccc(F)c4)nn23)ccc1C(=O)NC1CC1. The molecule has 3 heterocycles. The Morgan fingerprint density at radius 3 is 2.72 bits per heavy atom. The fraction of sp³-hybridized carbons (Fsp3) is 0.345. The molecule has 7 nitrogen and oxygen atoms in total. The molecule has 39 heavy (non-hydrogen) atoms. The number of imidazole rings is 1. The van der Waals surface area contributed by atoms with Crippen LogP contribution in [0.25, 0.3) is 16.9 Å². The smallest absolute Gasteiger partial charge is 0.251 e. The Hall–Kier alpha value is -3.08. The predicted molar refractivity (Wildman–Crippen MR) is 153 cm³/mol. The van der Waals surface area contributed by atoms with E-state index >= 15 is 0 Å². The Morgan fingerprint density at radius 2 is 1.97 bits per heavy atom. The number of aromatic nitrogens is 3. The Morgan fingerprint density at radius 1 is 1.15 bits per heavy atom. The first kappa shape index (κ1) is 26.2. The number of fused-ring (bicyclic) bond motifs is 1. The quantitative estimate of drug-likeness (QED) is 0.277. The van der Waals surface area contributed by atoms with Crippen LogP contribution in [0, 0.1) is 18.7 Å². The summed E-state index contributed by atoms with van der Waals surface area (Å²) in [6.07, 6.45) is 5.76. The van der Waals surface area contributed by atoms with Gasteiger partial charge in [0.1, 0.15) is 22.3 Å². The highest BCUT2D eigenvalue weighted by atomic mass is 32.2. The summed E-state index contributed by atoms with van der Waals surface area (Å²) in [7, 11) is 0. The number of carbonyl (C=O) groups excluding carboxylic acids is 1. The second-order valence-electron chi connectivity index (χ2n) is 10.3. The van der Waals surface area contributed by atoms with Crippen LogP contribution in [0.5, 0.6) is 0 Å². The minimum atomic E-state index is -0.698. The summed E-state index contributed by atoms with van der Waals surface area (Å²) in [5, 5.41) is 12.2. The van der Waals surface area contributed by atoms with Gasteiger partial charge in [-0.1, -0.05) is 35.1 Å². The lowest BCUT2D eigenvalue weighted by Gasteiger charge is -2.24. The Labute approximate surface area is 234 Å². The zero-order valence-corrected chi connectivity index (χ0v) is 23.3. The number of nitrogens with one attached hydrogen (secondary N) is 2. The molecule has 0 radical (unpaired) electrons. The van der Waals surface area contributed by atoms with Crippen LogP contribution in [0.15, 0.2) is 64.6 Å². The number of benzene rings is 2. The fourth-order valence-electron chi connectivity index (χ4n) is 4.84. The van der Waals surface area contributed by atoms with E-state index in [1.807, 2.05) is 41.8 Å². The molecule has 2 aliphatic rings. The van der Waals surface area contributed by atoms with E-state index in [9.17, 15) is 13.7 Å². The molecule has 1 saturated carbocycles. The molecule has 2 fully saturated rings. The number of rotatable bonds is 8.